The number of rotatable bonds is 6. The molecule has 0 radical (unpaired) electrons. The molecule has 0 fully saturated rings. The predicted octanol–water partition coefficient (Wildman–Crippen LogP) is 2.94. The maximum atomic E-state index is 13.0. The minimum Gasteiger partial charge on any atom is -0.340 e. The molecule has 0 saturated heterocycles. The highest BCUT2D eigenvalue weighted by Crippen LogP contribution is 2.13. The lowest BCUT2D eigenvalue weighted by Gasteiger charge is -2.27. The molecule has 21 heavy (non-hydrogen) atoms. The molecule has 1 N–H and O–H groups in total. The van der Waals surface area contributed by atoms with Crippen LogP contribution in [0.4, 0.5) is 14.5 Å². The molecule has 1 unspecified atom stereocenters. The van der Waals surface area contributed by atoms with Crippen LogP contribution in [0.2, 0.25) is 0 Å². The standard InChI is InChI=1S/C15H20F2N2O2/c1-4-10(2)19(11(3)20)8-7-15(21)18-12-5-6-13(16)14(17)9-12/h5-6,9-10H,4,7-8H2,1-3H3,(H,18,21). The first kappa shape index (κ1) is 17.1. The van der Waals surface area contributed by atoms with Crippen molar-refractivity contribution in [1.29, 1.82) is 0 Å². The molecule has 0 aliphatic carbocycles. The molecule has 6 heteroatoms. The Bertz CT molecular complexity index is 520. The zero-order valence-corrected chi connectivity index (χ0v) is 12.5. The Kier molecular flexibility index (Phi) is 6.27. The van der Waals surface area contributed by atoms with Gasteiger partial charge in [-0.25, -0.2) is 8.78 Å². The van der Waals surface area contributed by atoms with Crippen molar-refractivity contribution in [2.75, 3.05) is 11.9 Å². The molecule has 0 bridgehead atoms. The summed E-state index contributed by atoms with van der Waals surface area (Å²) < 4.78 is 25.8. The molecule has 0 aliphatic heterocycles. The van der Waals surface area contributed by atoms with Crippen LogP contribution in [0.25, 0.3) is 0 Å². The molecule has 1 aromatic rings. The second-order valence-electron chi connectivity index (χ2n) is 4.90. The van der Waals surface area contributed by atoms with Crippen LogP contribution < -0.4 is 5.32 Å². The maximum absolute atomic E-state index is 13.0. The Labute approximate surface area is 123 Å². The topological polar surface area (TPSA) is 49.4 Å². The van der Waals surface area contributed by atoms with Crippen LogP contribution >= 0.6 is 0 Å². The van der Waals surface area contributed by atoms with Crippen molar-refractivity contribution < 1.29 is 18.4 Å². The second kappa shape index (κ2) is 7.71. The summed E-state index contributed by atoms with van der Waals surface area (Å²) in [4.78, 5) is 24.9. The van der Waals surface area contributed by atoms with Gasteiger partial charge in [0.2, 0.25) is 11.8 Å². The fourth-order valence-corrected chi connectivity index (χ4v) is 1.93. The molecular weight excluding hydrogens is 278 g/mol. The zero-order valence-electron chi connectivity index (χ0n) is 12.5. The Balaban J connectivity index is 2.56. The Morgan fingerprint density at radius 2 is 1.95 bits per heavy atom. The molecular formula is C15H20F2N2O2. The molecule has 4 nitrogen and oxygen atoms in total. The summed E-state index contributed by atoms with van der Waals surface area (Å²) >= 11 is 0. The highest BCUT2D eigenvalue weighted by Gasteiger charge is 2.16. The molecule has 0 heterocycles. The summed E-state index contributed by atoms with van der Waals surface area (Å²) in [5.41, 5.74) is 0.191. The normalized spacial score (nSPS) is 11.9. The molecule has 0 aromatic heterocycles. The van der Waals surface area contributed by atoms with Crippen molar-refractivity contribution >= 4 is 17.5 Å². The molecule has 1 rings (SSSR count). The minimum atomic E-state index is -1.02. The number of carbonyl (C=O) groups excluding carboxylic acids is 2. The van der Waals surface area contributed by atoms with Gasteiger partial charge in [-0.3, -0.25) is 9.59 Å². The average Bonchev–Trinajstić information content (AvgIpc) is 2.42. The summed E-state index contributed by atoms with van der Waals surface area (Å²) in [5, 5.41) is 2.48. The van der Waals surface area contributed by atoms with Crippen LogP contribution in [-0.4, -0.2) is 29.3 Å². The summed E-state index contributed by atoms with van der Waals surface area (Å²) in [5.74, 6) is -2.43. The fourth-order valence-electron chi connectivity index (χ4n) is 1.93. The zero-order chi connectivity index (χ0) is 16.0. The molecule has 0 saturated carbocycles. The lowest BCUT2D eigenvalue weighted by atomic mass is 10.2. The van der Waals surface area contributed by atoms with Gasteiger partial charge in [-0.1, -0.05) is 6.92 Å². The van der Waals surface area contributed by atoms with Crippen LogP contribution in [0.1, 0.15) is 33.6 Å². The van der Waals surface area contributed by atoms with Crippen molar-refractivity contribution in [3.63, 3.8) is 0 Å². The van der Waals surface area contributed by atoms with Gasteiger partial charge in [-0.15, -0.1) is 0 Å². The number of nitrogens with one attached hydrogen (secondary N) is 1. The lowest BCUT2D eigenvalue weighted by Crippen LogP contribution is -2.38. The Hall–Kier alpha value is -1.98. The lowest BCUT2D eigenvalue weighted by molar-refractivity contribution is -0.131. The van der Waals surface area contributed by atoms with Crippen LogP contribution in [-0.2, 0) is 9.59 Å². The maximum Gasteiger partial charge on any atom is 0.226 e. The molecule has 0 spiro atoms. The van der Waals surface area contributed by atoms with Gasteiger partial charge in [0.1, 0.15) is 0 Å². The van der Waals surface area contributed by atoms with Gasteiger partial charge in [0.05, 0.1) is 0 Å². The van der Waals surface area contributed by atoms with E-state index in [1.807, 2.05) is 13.8 Å². The first-order valence-electron chi connectivity index (χ1n) is 6.87. The van der Waals surface area contributed by atoms with E-state index in [0.717, 1.165) is 18.6 Å². The van der Waals surface area contributed by atoms with E-state index in [9.17, 15) is 18.4 Å². The average molecular weight is 298 g/mol. The van der Waals surface area contributed by atoms with E-state index in [4.69, 9.17) is 0 Å². The van der Waals surface area contributed by atoms with E-state index in [2.05, 4.69) is 5.32 Å². The van der Waals surface area contributed by atoms with Crippen molar-refractivity contribution in [2.45, 2.75) is 39.7 Å². The van der Waals surface area contributed by atoms with E-state index >= 15 is 0 Å². The van der Waals surface area contributed by atoms with Gasteiger partial charge in [0.25, 0.3) is 0 Å². The summed E-state index contributed by atoms with van der Waals surface area (Å²) in [6.45, 7) is 5.62. The van der Waals surface area contributed by atoms with Crippen LogP contribution in [0.3, 0.4) is 0 Å². The third-order valence-electron chi connectivity index (χ3n) is 3.31. The fraction of sp³-hybridized carbons (Fsp3) is 0.467. The van der Waals surface area contributed by atoms with Gasteiger partial charge >= 0.3 is 0 Å². The smallest absolute Gasteiger partial charge is 0.226 e. The van der Waals surface area contributed by atoms with E-state index in [-0.39, 0.29) is 30.0 Å². The van der Waals surface area contributed by atoms with E-state index < -0.39 is 11.6 Å². The Morgan fingerprint density at radius 3 is 2.48 bits per heavy atom. The molecule has 116 valence electrons. The van der Waals surface area contributed by atoms with E-state index in [0.29, 0.717) is 6.54 Å². The number of benzene rings is 1. The largest absolute Gasteiger partial charge is 0.340 e. The van der Waals surface area contributed by atoms with Crippen molar-refractivity contribution in [3.8, 4) is 0 Å². The van der Waals surface area contributed by atoms with Crippen LogP contribution in [0.5, 0.6) is 0 Å². The van der Waals surface area contributed by atoms with Gasteiger partial charge in [0, 0.05) is 37.7 Å². The number of anilines is 1. The summed E-state index contributed by atoms with van der Waals surface area (Å²) in [6, 6.07) is 3.21. The number of carbonyl (C=O) groups is 2. The van der Waals surface area contributed by atoms with Crippen molar-refractivity contribution in [3.05, 3.63) is 29.8 Å². The first-order chi connectivity index (χ1) is 9.85. The van der Waals surface area contributed by atoms with Gasteiger partial charge in [-0.2, -0.15) is 0 Å². The van der Waals surface area contributed by atoms with Crippen LogP contribution in [0.15, 0.2) is 18.2 Å². The third-order valence-corrected chi connectivity index (χ3v) is 3.31. The highest BCUT2D eigenvalue weighted by molar-refractivity contribution is 5.91. The summed E-state index contributed by atoms with van der Waals surface area (Å²) in [7, 11) is 0. The highest BCUT2D eigenvalue weighted by atomic mass is 19.2. The number of hydrogen-bond acceptors (Lipinski definition) is 2. The number of halogens is 2. The predicted molar refractivity (Wildman–Crippen MR) is 76.7 cm³/mol. The minimum absolute atomic E-state index is 0.0542. The molecule has 0 aliphatic rings. The Morgan fingerprint density at radius 1 is 1.29 bits per heavy atom. The first-order valence-corrected chi connectivity index (χ1v) is 6.87. The van der Waals surface area contributed by atoms with E-state index in [1.165, 1.54) is 13.0 Å². The quantitative estimate of drug-likeness (QED) is 0.878. The molecule has 2 amide bonds. The number of amides is 2. The van der Waals surface area contributed by atoms with Gasteiger partial charge in [0.15, 0.2) is 11.6 Å². The summed E-state index contributed by atoms with van der Waals surface area (Å²) in [6.07, 6.45) is 0.896. The number of hydrogen-bond donors (Lipinski definition) is 1. The van der Waals surface area contributed by atoms with E-state index in [1.54, 1.807) is 4.90 Å². The number of nitrogens with zero attached hydrogens (tertiary/aromatic N) is 1. The SMILES string of the molecule is CCC(C)N(CCC(=O)Nc1ccc(F)c(F)c1)C(C)=O. The van der Waals surface area contributed by atoms with Crippen molar-refractivity contribution in [2.24, 2.45) is 0 Å². The molecule has 1 atom stereocenters. The van der Waals surface area contributed by atoms with Gasteiger partial charge < -0.3 is 10.2 Å². The van der Waals surface area contributed by atoms with Crippen LogP contribution in [0, 0.1) is 11.6 Å². The molecule has 1 aromatic carbocycles. The second-order valence-corrected chi connectivity index (χ2v) is 4.90. The van der Waals surface area contributed by atoms with Crippen molar-refractivity contribution in [1.82, 2.24) is 4.90 Å². The monoisotopic (exact) mass is 298 g/mol. The third kappa shape index (κ3) is 5.13. The van der Waals surface area contributed by atoms with Gasteiger partial charge in [-0.05, 0) is 25.5 Å².